The Hall–Kier alpha value is -2.03. The van der Waals surface area contributed by atoms with Gasteiger partial charge in [0.05, 0.1) is 5.56 Å². The van der Waals surface area contributed by atoms with Crippen LogP contribution in [0, 0.1) is 5.92 Å². The van der Waals surface area contributed by atoms with E-state index in [2.05, 4.69) is 32.9 Å². The second-order valence-corrected chi connectivity index (χ2v) is 6.75. The Kier molecular flexibility index (Phi) is 7.76. The second kappa shape index (κ2) is 9.31. The van der Waals surface area contributed by atoms with Crippen molar-refractivity contribution in [1.29, 1.82) is 0 Å². The third-order valence-corrected chi connectivity index (χ3v) is 4.25. The molecule has 0 saturated heterocycles. The van der Waals surface area contributed by atoms with E-state index in [0.717, 1.165) is 19.3 Å². The summed E-state index contributed by atoms with van der Waals surface area (Å²) in [5, 5.41) is 19.9. The molecule has 0 bridgehead atoms. The van der Waals surface area contributed by atoms with Crippen molar-refractivity contribution in [2.75, 3.05) is 0 Å². The molecule has 3 nitrogen and oxygen atoms in total. The average Bonchev–Trinajstić information content (AvgIpc) is 2.50. The Morgan fingerprint density at radius 2 is 1.83 bits per heavy atom. The second-order valence-electron chi connectivity index (χ2n) is 6.75. The van der Waals surface area contributed by atoms with Crippen LogP contribution < -0.4 is 0 Å². The number of ketones is 1. The van der Waals surface area contributed by atoms with Gasteiger partial charge < -0.3 is 10.2 Å². The van der Waals surface area contributed by atoms with Crippen LogP contribution in [0.2, 0.25) is 0 Å². The number of aromatic hydroxyl groups is 2. The highest BCUT2D eigenvalue weighted by Gasteiger charge is 2.21. The van der Waals surface area contributed by atoms with Crippen molar-refractivity contribution >= 4 is 5.78 Å². The maximum absolute atomic E-state index is 12.6. The molecule has 0 aliphatic rings. The molecule has 0 saturated carbocycles. The van der Waals surface area contributed by atoms with E-state index in [4.69, 9.17) is 0 Å². The van der Waals surface area contributed by atoms with Crippen molar-refractivity contribution in [3.8, 4) is 11.5 Å². The van der Waals surface area contributed by atoms with E-state index < -0.39 is 0 Å². The minimum absolute atomic E-state index is 0.0150. The first-order chi connectivity index (χ1) is 11.3. The van der Waals surface area contributed by atoms with E-state index in [9.17, 15) is 15.0 Å². The van der Waals surface area contributed by atoms with Crippen LogP contribution in [0.15, 0.2) is 35.4 Å². The van der Waals surface area contributed by atoms with Gasteiger partial charge in [-0.3, -0.25) is 4.79 Å². The first kappa shape index (κ1) is 20.0. The molecule has 24 heavy (non-hydrogen) atoms. The molecule has 0 aliphatic carbocycles. The normalized spacial score (nSPS) is 12.8. The molecule has 0 amide bonds. The Balaban J connectivity index is 3.02. The van der Waals surface area contributed by atoms with Crippen LogP contribution in [0.25, 0.3) is 0 Å². The minimum atomic E-state index is -0.151. The first-order valence-corrected chi connectivity index (χ1v) is 8.64. The lowest BCUT2D eigenvalue weighted by Crippen LogP contribution is -2.13. The number of hydrogen-bond acceptors (Lipinski definition) is 3. The number of carbonyl (C=O) groups is 1. The van der Waals surface area contributed by atoms with Crippen molar-refractivity contribution in [3.05, 3.63) is 46.6 Å². The van der Waals surface area contributed by atoms with Crippen molar-refractivity contribution < 1.29 is 15.0 Å². The molecule has 1 unspecified atom stereocenters. The summed E-state index contributed by atoms with van der Waals surface area (Å²) >= 11 is 0. The highest BCUT2D eigenvalue weighted by molar-refractivity contribution is 6.01. The molecule has 2 N–H and O–H groups in total. The zero-order chi connectivity index (χ0) is 18.3. The van der Waals surface area contributed by atoms with E-state index in [0.29, 0.717) is 17.5 Å². The van der Waals surface area contributed by atoms with Crippen LogP contribution in [-0.2, 0) is 6.42 Å². The average molecular weight is 330 g/mol. The molecule has 3 heteroatoms. The first-order valence-electron chi connectivity index (χ1n) is 8.64. The van der Waals surface area contributed by atoms with Gasteiger partial charge in [0.2, 0.25) is 0 Å². The molecule has 0 fully saturated rings. The lowest BCUT2D eigenvalue weighted by molar-refractivity contribution is 0.0923. The fraction of sp³-hybridized carbons (Fsp3) is 0.476. The zero-order valence-corrected chi connectivity index (χ0v) is 15.5. The maximum Gasteiger partial charge on any atom is 0.169 e. The van der Waals surface area contributed by atoms with E-state index in [1.54, 1.807) is 6.07 Å². The quantitative estimate of drug-likeness (QED) is 0.484. The SMILES string of the molecule is CCC(C)C(=O)c1c(O)cc(O)cc1CC=C(C)CCC=C(C)C. The van der Waals surface area contributed by atoms with Crippen LogP contribution in [0.3, 0.4) is 0 Å². The number of allylic oxidation sites excluding steroid dienone is 4. The summed E-state index contributed by atoms with van der Waals surface area (Å²) in [5.41, 5.74) is 3.56. The smallest absolute Gasteiger partial charge is 0.169 e. The molecule has 1 atom stereocenters. The van der Waals surface area contributed by atoms with Crippen LogP contribution in [0.1, 0.15) is 69.8 Å². The van der Waals surface area contributed by atoms with Gasteiger partial charge in [0.1, 0.15) is 11.5 Å². The van der Waals surface area contributed by atoms with Crippen LogP contribution in [0.5, 0.6) is 11.5 Å². The summed E-state index contributed by atoms with van der Waals surface area (Å²) in [6.07, 6.45) is 7.48. The van der Waals surface area contributed by atoms with Gasteiger partial charge in [-0.25, -0.2) is 0 Å². The minimum Gasteiger partial charge on any atom is -0.508 e. The third kappa shape index (κ3) is 5.88. The van der Waals surface area contributed by atoms with Crippen LogP contribution >= 0.6 is 0 Å². The van der Waals surface area contributed by atoms with Gasteiger partial charge in [0, 0.05) is 12.0 Å². The fourth-order valence-electron chi connectivity index (χ4n) is 2.52. The Bertz CT molecular complexity index is 635. The maximum atomic E-state index is 12.6. The standard InChI is InChI=1S/C21H30O3/c1-6-16(5)21(24)20-17(12-18(22)13-19(20)23)11-10-15(4)9-7-8-14(2)3/h8,10,12-13,16,22-23H,6-7,9,11H2,1-5H3. The summed E-state index contributed by atoms with van der Waals surface area (Å²) in [4.78, 5) is 12.6. The predicted octanol–water partition coefficient (Wildman–Crippen LogP) is 5.56. The summed E-state index contributed by atoms with van der Waals surface area (Å²) in [7, 11) is 0. The van der Waals surface area contributed by atoms with Crippen molar-refractivity contribution in [2.45, 2.75) is 60.3 Å². The van der Waals surface area contributed by atoms with Crippen molar-refractivity contribution in [2.24, 2.45) is 5.92 Å². The van der Waals surface area contributed by atoms with Gasteiger partial charge in [-0.2, -0.15) is 0 Å². The molecule has 0 aromatic heterocycles. The highest BCUT2D eigenvalue weighted by atomic mass is 16.3. The van der Waals surface area contributed by atoms with E-state index in [-0.39, 0.29) is 23.2 Å². The number of carbonyl (C=O) groups excluding carboxylic acids is 1. The van der Waals surface area contributed by atoms with Gasteiger partial charge >= 0.3 is 0 Å². The number of benzene rings is 1. The molecule has 132 valence electrons. The summed E-state index contributed by atoms with van der Waals surface area (Å²) in [5.74, 6) is -0.368. The van der Waals surface area contributed by atoms with E-state index >= 15 is 0 Å². The number of hydrogen-bond donors (Lipinski definition) is 2. The summed E-state index contributed by atoms with van der Waals surface area (Å²) in [6.45, 7) is 10.0. The van der Waals surface area contributed by atoms with Crippen molar-refractivity contribution in [3.63, 3.8) is 0 Å². The molecule has 1 aromatic carbocycles. The largest absolute Gasteiger partial charge is 0.508 e. The topological polar surface area (TPSA) is 57.5 Å². The monoisotopic (exact) mass is 330 g/mol. The Morgan fingerprint density at radius 3 is 2.42 bits per heavy atom. The lowest BCUT2D eigenvalue weighted by atomic mass is 9.91. The Labute approximate surface area is 145 Å². The molecular formula is C21H30O3. The van der Waals surface area contributed by atoms with E-state index in [1.807, 2.05) is 13.8 Å². The highest BCUT2D eigenvalue weighted by Crippen LogP contribution is 2.31. The number of phenolic OH excluding ortho intramolecular Hbond substituents is 2. The van der Waals surface area contributed by atoms with Gasteiger partial charge in [-0.1, -0.05) is 37.1 Å². The number of phenols is 2. The Morgan fingerprint density at radius 1 is 1.17 bits per heavy atom. The molecule has 0 radical (unpaired) electrons. The lowest BCUT2D eigenvalue weighted by Gasteiger charge is -2.14. The van der Waals surface area contributed by atoms with Crippen LogP contribution in [-0.4, -0.2) is 16.0 Å². The zero-order valence-electron chi connectivity index (χ0n) is 15.5. The number of rotatable bonds is 8. The number of Topliss-reactive ketones (excluding diaryl/α,β-unsaturated/α-hetero) is 1. The van der Waals surface area contributed by atoms with Gasteiger partial charge in [0.15, 0.2) is 5.78 Å². The molecular weight excluding hydrogens is 300 g/mol. The van der Waals surface area contributed by atoms with Crippen LogP contribution in [0.4, 0.5) is 0 Å². The van der Waals surface area contributed by atoms with Gasteiger partial charge in [-0.15, -0.1) is 0 Å². The van der Waals surface area contributed by atoms with Gasteiger partial charge in [0.25, 0.3) is 0 Å². The van der Waals surface area contributed by atoms with E-state index in [1.165, 1.54) is 17.2 Å². The fourth-order valence-corrected chi connectivity index (χ4v) is 2.52. The molecule has 0 aliphatic heterocycles. The summed E-state index contributed by atoms with van der Waals surface area (Å²) < 4.78 is 0. The van der Waals surface area contributed by atoms with Gasteiger partial charge in [-0.05, 0) is 58.1 Å². The third-order valence-electron chi connectivity index (χ3n) is 4.25. The summed E-state index contributed by atoms with van der Waals surface area (Å²) in [6, 6.07) is 2.82. The molecule has 1 rings (SSSR count). The molecule has 0 heterocycles. The van der Waals surface area contributed by atoms with Crippen molar-refractivity contribution in [1.82, 2.24) is 0 Å². The molecule has 1 aromatic rings. The molecule has 0 spiro atoms. The predicted molar refractivity (Wildman–Crippen MR) is 99.7 cm³/mol.